The van der Waals surface area contributed by atoms with Crippen molar-refractivity contribution >= 4 is 16.3 Å². The fraction of sp³-hybridized carbons (Fsp3) is 0.154. The number of methoxy groups -OCH3 is 1. The van der Waals surface area contributed by atoms with Crippen molar-refractivity contribution in [2.24, 2.45) is 0 Å². The molecule has 19 heavy (non-hydrogen) atoms. The third-order valence-electron chi connectivity index (χ3n) is 2.89. The Labute approximate surface area is 113 Å². The molecule has 0 bridgehead atoms. The second-order valence-electron chi connectivity index (χ2n) is 4.06. The zero-order valence-corrected chi connectivity index (χ0v) is 11.3. The number of aromatic nitrogens is 3. The van der Waals surface area contributed by atoms with E-state index in [1.165, 1.54) is 11.3 Å². The molecule has 0 amide bonds. The summed E-state index contributed by atoms with van der Waals surface area (Å²) >= 11 is 1.40. The van der Waals surface area contributed by atoms with Crippen LogP contribution in [-0.4, -0.2) is 21.7 Å². The topological polar surface area (TPSA) is 56.5 Å². The molecule has 0 N–H and O–H groups in total. The Balaban J connectivity index is 2.24. The molecule has 0 unspecified atom stereocenters. The van der Waals surface area contributed by atoms with Crippen molar-refractivity contribution in [3.05, 3.63) is 45.7 Å². The second kappa shape index (κ2) is 4.47. The lowest BCUT2D eigenvalue weighted by Gasteiger charge is -2.03. The molecule has 2 heterocycles. The number of thiazole rings is 1. The quantitative estimate of drug-likeness (QED) is 0.717. The highest BCUT2D eigenvalue weighted by atomic mass is 32.1. The normalized spacial score (nSPS) is 10.8. The minimum absolute atomic E-state index is 0.128. The smallest absolute Gasteiger partial charge is 0.280 e. The van der Waals surface area contributed by atoms with Crippen LogP contribution in [0.2, 0.25) is 0 Å². The zero-order valence-electron chi connectivity index (χ0n) is 10.5. The van der Waals surface area contributed by atoms with E-state index in [9.17, 15) is 4.79 Å². The first-order valence-electron chi connectivity index (χ1n) is 5.68. The van der Waals surface area contributed by atoms with E-state index in [-0.39, 0.29) is 5.56 Å². The van der Waals surface area contributed by atoms with Crippen LogP contribution in [0.15, 0.2) is 34.4 Å². The Kier molecular flexibility index (Phi) is 2.79. The van der Waals surface area contributed by atoms with Gasteiger partial charge in [0.15, 0.2) is 0 Å². The lowest BCUT2D eigenvalue weighted by molar-refractivity contribution is 0.415. The zero-order chi connectivity index (χ0) is 13.4. The van der Waals surface area contributed by atoms with Crippen LogP contribution in [0.5, 0.6) is 5.75 Å². The summed E-state index contributed by atoms with van der Waals surface area (Å²) in [4.78, 5) is 12.7. The van der Waals surface area contributed by atoms with Crippen LogP contribution in [0.4, 0.5) is 0 Å². The van der Waals surface area contributed by atoms with Crippen molar-refractivity contribution in [3.8, 4) is 17.0 Å². The van der Waals surface area contributed by atoms with Gasteiger partial charge in [0.25, 0.3) is 5.56 Å². The lowest BCUT2D eigenvalue weighted by atomic mass is 10.1. The van der Waals surface area contributed by atoms with Crippen molar-refractivity contribution in [1.29, 1.82) is 0 Å². The molecule has 0 saturated carbocycles. The average Bonchev–Trinajstić information content (AvgIpc) is 2.88. The minimum atomic E-state index is -0.128. The summed E-state index contributed by atoms with van der Waals surface area (Å²) in [5.41, 5.74) is 2.04. The number of fused-ring (bicyclic) bond motifs is 1. The molecule has 5 nitrogen and oxygen atoms in total. The molecule has 0 saturated heterocycles. The van der Waals surface area contributed by atoms with Gasteiger partial charge < -0.3 is 4.74 Å². The Morgan fingerprint density at radius 2 is 1.95 bits per heavy atom. The van der Waals surface area contributed by atoms with Crippen molar-refractivity contribution in [2.45, 2.75) is 6.92 Å². The third kappa shape index (κ3) is 1.90. The largest absolute Gasteiger partial charge is 0.497 e. The minimum Gasteiger partial charge on any atom is -0.497 e. The number of ether oxygens (including phenoxy) is 1. The van der Waals surface area contributed by atoms with Crippen LogP contribution >= 0.6 is 11.3 Å². The molecule has 3 aromatic rings. The van der Waals surface area contributed by atoms with E-state index in [0.717, 1.165) is 17.0 Å². The SMILES string of the molecule is COc1ccc(-c2csc3nnc(C)c(=O)n23)cc1. The number of hydrogen-bond donors (Lipinski definition) is 0. The van der Waals surface area contributed by atoms with E-state index >= 15 is 0 Å². The molecule has 96 valence electrons. The molecule has 0 aliphatic rings. The van der Waals surface area contributed by atoms with Gasteiger partial charge in [-0.15, -0.1) is 21.5 Å². The van der Waals surface area contributed by atoms with E-state index in [1.54, 1.807) is 18.4 Å². The molecule has 0 fully saturated rings. The van der Waals surface area contributed by atoms with Gasteiger partial charge in [-0.2, -0.15) is 0 Å². The van der Waals surface area contributed by atoms with Gasteiger partial charge in [0.1, 0.15) is 11.4 Å². The Morgan fingerprint density at radius 1 is 1.21 bits per heavy atom. The van der Waals surface area contributed by atoms with E-state index in [4.69, 9.17) is 4.74 Å². The summed E-state index contributed by atoms with van der Waals surface area (Å²) in [5, 5.41) is 9.79. The molecule has 2 aromatic heterocycles. The molecule has 0 aliphatic carbocycles. The van der Waals surface area contributed by atoms with E-state index in [2.05, 4.69) is 10.2 Å². The van der Waals surface area contributed by atoms with Gasteiger partial charge in [-0.05, 0) is 36.8 Å². The summed E-state index contributed by atoms with van der Waals surface area (Å²) in [6.07, 6.45) is 0. The molecule has 0 aliphatic heterocycles. The van der Waals surface area contributed by atoms with Crippen LogP contribution in [0.25, 0.3) is 16.2 Å². The Hall–Kier alpha value is -2.21. The van der Waals surface area contributed by atoms with E-state index in [0.29, 0.717) is 10.7 Å². The second-order valence-corrected chi connectivity index (χ2v) is 4.89. The van der Waals surface area contributed by atoms with Gasteiger partial charge in [0, 0.05) is 5.38 Å². The predicted octanol–water partition coefficient (Wildman–Crippen LogP) is 2.14. The molecule has 3 rings (SSSR count). The van der Waals surface area contributed by atoms with Crippen LogP contribution in [0, 0.1) is 6.92 Å². The van der Waals surface area contributed by atoms with Gasteiger partial charge in [-0.25, -0.2) is 4.40 Å². The standard InChI is InChI=1S/C13H11N3O2S/c1-8-12(17)16-11(7-19-13(16)15-14-8)9-3-5-10(18-2)6-4-9/h3-7H,1-2H3. The van der Waals surface area contributed by atoms with Crippen molar-refractivity contribution < 1.29 is 4.74 Å². The molecular formula is C13H11N3O2S. The molecule has 0 atom stereocenters. The third-order valence-corrected chi connectivity index (χ3v) is 3.71. The Morgan fingerprint density at radius 3 is 2.63 bits per heavy atom. The van der Waals surface area contributed by atoms with Crippen LogP contribution in [-0.2, 0) is 0 Å². The lowest BCUT2D eigenvalue weighted by Crippen LogP contribution is -2.18. The highest BCUT2D eigenvalue weighted by Crippen LogP contribution is 2.25. The average molecular weight is 273 g/mol. The first kappa shape index (κ1) is 11.9. The fourth-order valence-corrected chi connectivity index (χ4v) is 2.70. The molecule has 1 aromatic carbocycles. The van der Waals surface area contributed by atoms with Gasteiger partial charge in [-0.1, -0.05) is 0 Å². The summed E-state index contributed by atoms with van der Waals surface area (Å²) in [5.74, 6) is 0.784. The number of rotatable bonds is 2. The van der Waals surface area contributed by atoms with Crippen LogP contribution in [0.1, 0.15) is 5.69 Å². The van der Waals surface area contributed by atoms with Gasteiger partial charge in [0.05, 0.1) is 12.8 Å². The van der Waals surface area contributed by atoms with Gasteiger partial charge in [-0.3, -0.25) is 4.79 Å². The Bertz CT molecular complexity index is 790. The highest BCUT2D eigenvalue weighted by molar-refractivity contribution is 7.15. The van der Waals surface area contributed by atoms with Gasteiger partial charge >= 0.3 is 0 Å². The van der Waals surface area contributed by atoms with Crippen molar-refractivity contribution in [2.75, 3.05) is 7.11 Å². The molecular weight excluding hydrogens is 262 g/mol. The summed E-state index contributed by atoms with van der Waals surface area (Å²) in [6, 6.07) is 7.57. The summed E-state index contributed by atoms with van der Waals surface area (Å²) < 4.78 is 6.72. The van der Waals surface area contributed by atoms with E-state index < -0.39 is 0 Å². The number of hydrogen-bond acceptors (Lipinski definition) is 5. The molecule has 0 spiro atoms. The van der Waals surface area contributed by atoms with Crippen LogP contribution < -0.4 is 10.3 Å². The first-order valence-corrected chi connectivity index (χ1v) is 6.56. The number of nitrogens with zero attached hydrogens (tertiary/aromatic N) is 3. The highest BCUT2D eigenvalue weighted by Gasteiger charge is 2.11. The maximum absolute atomic E-state index is 12.1. The monoisotopic (exact) mass is 273 g/mol. The number of benzene rings is 1. The maximum Gasteiger partial charge on any atom is 0.280 e. The number of aryl methyl sites for hydroxylation is 1. The fourth-order valence-electron chi connectivity index (χ4n) is 1.86. The van der Waals surface area contributed by atoms with Crippen molar-refractivity contribution in [3.63, 3.8) is 0 Å². The van der Waals surface area contributed by atoms with E-state index in [1.807, 2.05) is 29.6 Å². The molecule has 0 radical (unpaired) electrons. The molecule has 6 heteroatoms. The summed E-state index contributed by atoms with van der Waals surface area (Å²) in [6.45, 7) is 1.66. The summed E-state index contributed by atoms with van der Waals surface area (Å²) in [7, 11) is 1.62. The first-order chi connectivity index (χ1) is 9.20. The maximum atomic E-state index is 12.1. The van der Waals surface area contributed by atoms with Crippen molar-refractivity contribution in [1.82, 2.24) is 14.6 Å². The van der Waals surface area contributed by atoms with Gasteiger partial charge in [0.2, 0.25) is 4.96 Å². The predicted molar refractivity (Wildman–Crippen MR) is 73.9 cm³/mol. The van der Waals surface area contributed by atoms with Crippen LogP contribution in [0.3, 0.4) is 0 Å².